The highest BCUT2D eigenvalue weighted by Gasteiger charge is 2.05. The van der Waals surface area contributed by atoms with Crippen molar-refractivity contribution in [1.82, 2.24) is 9.97 Å². The summed E-state index contributed by atoms with van der Waals surface area (Å²) in [5, 5.41) is 15.0. The van der Waals surface area contributed by atoms with Crippen LogP contribution in [-0.2, 0) is 0 Å². The molecule has 0 spiro atoms. The van der Waals surface area contributed by atoms with Gasteiger partial charge in [-0.2, -0.15) is 5.26 Å². The van der Waals surface area contributed by atoms with E-state index in [4.69, 9.17) is 5.26 Å². The number of hydrogen-bond donors (Lipinski definition) is 2. The number of hydrogen-bond acceptors (Lipinski definition) is 5. The first kappa shape index (κ1) is 12.8. The van der Waals surface area contributed by atoms with E-state index < -0.39 is 5.82 Å². The zero-order chi connectivity index (χ0) is 13.7. The third-order valence-electron chi connectivity index (χ3n) is 2.39. The van der Waals surface area contributed by atoms with Crippen molar-refractivity contribution in [2.45, 2.75) is 6.92 Å². The van der Waals surface area contributed by atoms with Crippen molar-refractivity contribution in [1.29, 1.82) is 5.26 Å². The number of rotatable bonds is 4. The number of nitrogens with zero attached hydrogens (tertiary/aromatic N) is 3. The maximum absolute atomic E-state index is 13.0. The topological polar surface area (TPSA) is 73.6 Å². The summed E-state index contributed by atoms with van der Waals surface area (Å²) in [4.78, 5) is 8.09. The fourth-order valence-corrected chi connectivity index (χ4v) is 1.56. The molecule has 0 bridgehead atoms. The molecule has 0 atom stereocenters. The first-order valence-corrected chi connectivity index (χ1v) is 5.75. The van der Waals surface area contributed by atoms with Crippen molar-refractivity contribution < 1.29 is 4.39 Å². The lowest BCUT2D eigenvalue weighted by Crippen LogP contribution is -2.02. The highest BCUT2D eigenvalue weighted by atomic mass is 19.1. The highest BCUT2D eigenvalue weighted by Crippen LogP contribution is 2.20. The summed E-state index contributed by atoms with van der Waals surface area (Å²) < 4.78 is 13.0. The van der Waals surface area contributed by atoms with Gasteiger partial charge in [-0.3, -0.25) is 0 Å². The zero-order valence-electron chi connectivity index (χ0n) is 10.3. The first-order valence-electron chi connectivity index (χ1n) is 5.75. The van der Waals surface area contributed by atoms with Crippen molar-refractivity contribution in [2.24, 2.45) is 0 Å². The van der Waals surface area contributed by atoms with Crippen molar-refractivity contribution in [3.8, 4) is 6.07 Å². The van der Waals surface area contributed by atoms with E-state index in [-0.39, 0.29) is 5.56 Å². The maximum Gasteiger partial charge on any atom is 0.135 e. The summed E-state index contributed by atoms with van der Waals surface area (Å²) in [6.07, 6.45) is 1.41. The summed E-state index contributed by atoms with van der Waals surface area (Å²) in [5.74, 6) is 0.771. The predicted molar refractivity (Wildman–Crippen MR) is 70.6 cm³/mol. The van der Waals surface area contributed by atoms with Crippen LogP contribution < -0.4 is 10.6 Å². The number of halogens is 1. The third kappa shape index (κ3) is 3.16. The molecular weight excluding hydrogens is 245 g/mol. The number of nitriles is 1. The van der Waals surface area contributed by atoms with E-state index in [2.05, 4.69) is 20.6 Å². The van der Waals surface area contributed by atoms with Gasteiger partial charge in [0.25, 0.3) is 0 Å². The summed E-state index contributed by atoms with van der Waals surface area (Å²) in [5.41, 5.74) is 0.730. The summed E-state index contributed by atoms with van der Waals surface area (Å²) in [6.45, 7) is 2.71. The Kier molecular flexibility index (Phi) is 3.88. The van der Waals surface area contributed by atoms with Gasteiger partial charge in [0.05, 0.1) is 11.3 Å². The molecule has 0 aliphatic carbocycles. The summed E-state index contributed by atoms with van der Waals surface area (Å²) in [7, 11) is 0. The molecule has 1 heterocycles. The fourth-order valence-electron chi connectivity index (χ4n) is 1.56. The molecule has 2 aromatic rings. The second-order valence-corrected chi connectivity index (χ2v) is 3.75. The lowest BCUT2D eigenvalue weighted by Gasteiger charge is -2.08. The zero-order valence-corrected chi connectivity index (χ0v) is 10.3. The predicted octanol–water partition coefficient (Wildman–Crippen LogP) is 2.66. The van der Waals surface area contributed by atoms with Crippen LogP contribution in [0.4, 0.5) is 21.7 Å². The minimum Gasteiger partial charge on any atom is -0.370 e. The number of nitrogens with one attached hydrogen (secondary N) is 2. The summed E-state index contributed by atoms with van der Waals surface area (Å²) in [6, 6.07) is 7.62. The van der Waals surface area contributed by atoms with Crippen molar-refractivity contribution in [2.75, 3.05) is 17.2 Å². The molecule has 1 aromatic carbocycles. The van der Waals surface area contributed by atoms with E-state index in [1.54, 1.807) is 6.07 Å². The van der Waals surface area contributed by atoms with Crippen molar-refractivity contribution >= 4 is 17.3 Å². The molecule has 0 fully saturated rings. The van der Waals surface area contributed by atoms with Gasteiger partial charge in [-0.15, -0.1) is 0 Å². The normalized spacial score (nSPS) is 9.74. The summed E-state index contributed by atoms with van der Waals surface area (Å²) >= 11 is 0. The van der Waals surface area contributed by atoms with Crippen LogP contribution in [0.1, 0.15) is 12.5 Å². The van der Waals surface area contributed by atoms with Crippen molar-refractivity contribution in [3.05, 3.63) is 42.0 Å². The Balaban J connectivity index is 2.26. The Bertz CT molecular complexity index is 621. The van der Waals surface area contributed by atoms with Crippen LogP contribution in [0.2, 0.25) is 0 Å². The quantitative estimate of drug-likeness (QED) is 0.880. The molecule has 0 radical (unpaired) electrons. The van der Waals surface area contributed by atoms with Gasteiger partial charge >= 0.3 is 0 Å². The molecule has 0 saturated carbocycles. The molecular formula is C13H12FN5. The Morgan fingerprint density at radius 1 is 1.26 bits per heavy atom. The van der Waals surface area contributed by atoms with E-state index >= 15 is 0 Å². The van der Waals surface area contributed by atoms with Gasteiger partial charge in [0.1, 0.15) is 29.8 Å². The molecule has 5 nitrogen and oxygen atoms in total. The molecule has 0 saturated heterocycles. The Hall–Kier alpha value is -2.68. The van der Waals surface area contributed by atoms with E-state index in [0.717, 1.165) is 6.54 Å². The number of aromatic nitrogens is 2. The molecule has 19 heavy (non-hydrogen) atoms. The van der Waals surface area contributed by atoms with Crippen LogP contribution in [0, 0.1) is 17.1 Å². The number of anilines is 3. The fraction of sp³-hybridized carbons (Fsp3) is 0.154. The van der Waals surface area contributed by atoms with Crippen LogP contribution in [0.5, 0.6) is 0 Å². The van der Waals surface area contributed by atoms with Gasteiger partial charge in [0, 0.05) is 12.6 Å². The van der Waals surface area contributed by atoms with Gasteiger partial charge in [0.15, 0.2) is 0 Å². The molecule has 2 rings (SSSR count). The standard InChI is InChI=1S/C13H12FN5/c1-2-16-12-6-13(18-8-17-12)19-11-4-3-10(14)5-9(11)7-15/h3-6,8H,2H2,1H3,(H2,16,17,18,19). The van der Waals surface area contributed by atoms with Crippen LogP contribution in [-0.4, -0.2) is 16.5 Å². The largest absolute Gasteiger partial charge is 0.370 e. The van der Waals surface area contributed by atoms with Gasteiger partial charge in [-0.25, -0.2) is 14.4 Å². The monoisotopic (exact) mass is 257 g/mol. The van der Waals surface area contributed by atoms with E-state index in [1.807, 2.05) is 13.0 Å². The molecule has 0 aliphatic heterocycles. The van der Waals surface area contributed by atoms with Gasteiger partial charge in [-0.05, 0) is 25.1 Å². The molecule has 0 aliphatic rings. The molecule has 96 valence electrons. The van der Waals surface area contributed by atoms with Gasteiger partial charge in [-0.1, -0.05) is 0 Å². The van der Waals surface area contributed by atoms with Crippen molar-refractivity contribution in [3.63, 3.8) is 0 Å². The average molecular weight is 257 g/mol. The molecule has 0 unspecified atom stereocenters. The second kappa shape index (κ2) is 5.78. The highest BCUT2D eigenvalue weighted by molar-refractivity contribution is 5.65. The van der Waals surface area contributed by atoms with E-state index in [0.29, 0.717) is 17.3 Å². The van der Waals surface area contributed by atoms with Gasteiger partial charge in [0.2, 0.25) is 0 Å². The third-order valence-corrected chi connectivity index (χ3v) is 2.39. The average Bonchev–Trinajstić information content (AvgIpc) is 2.41. The molecule has 6 heteroatoms. The molecule has 0 amide bonds. The Morgan fingerprint density at radius 2 is 2.05 bits per heavy atom. The molecule has 2 N–H and O–H groups in total. The Morgan fingerprint density at radius 3 is 2.79 bits per heavy atom. The minimum atomic E-state index is -0.446. The minimum absolute atomic E-state index is 0.226. The van der Waals surface area contributed by atoms with E-state index in [1.165, 1.54) is 24.5 Å². The number of benzene rings is 1. The van der Waals surface area contributed by atoms with E-state index in [9.17, 15) is 4.39 Å². The first-order chi connectivity index (χ1) is 9.22. The smallest absolute Gasteiger partial charge is 0.135 e. The van der Waals surface area contributed by atoms with Crippen LogP contribution in [0.15, 0.2) is 30.6 Å². The molecule has 1 aromatic heterocycles. The lowest BCUT2D eigenvalue weighted by atomic mass is 10.2. The maximum atomic E-state index is 13.0. The Labute approximate surface area is 110 Å². The van der Waals surface area contributed by atoms with Gasteiger partial charge < -0.3 is 10.6 Å². The van der Waals surface area contributed by atoms with Crippen LogP contribution in [0.25, 0.3) is 0 Å². The van der Waals surface area contributed by atoms with Crippen LogP contribution in [0.3, 0.4) is 0 Å². The lowest BCUT2D eigenvalue weighted by molar-refractivity contribution is 0.627. The van der Waals surface area contributed by atoms with Crippen LogP contribution >= 0.6 is 0 Å². The SMILES string of the molecule is CCNc1cc(Nc2ccc(F)cc2C#N)ncn1. The second-order valence-electron chi connectivity index (χ2n) is 3.75.